The van der Waals surface area contributed by atoms with E-state index in [0.717, 1.165) is 12.5 Å². The fourth-order valence-electron chi connectivity index (χ4n) is 2.06. The van der Waals surface area contributed by atoms with Crippen molar-refractivity contribution in [3.63, 3.8) is 0 Å². The van der Waals surface area contributed by atoms with Crippen molar-refractivity contribution in [1.29, 1.82) is 0 Å². The molecule has 2 N–H and O–H groups in total. The lowest BCUT2D eigenvalue weighted by Crippen LogP contribution is -2.41. The summed E-state index contributed by atoms with van der Waals surface area (Å²) in [6.45, 7) is 7.06. The summed E-state index contributed by atoms with van der Waals surface area (Å²) in [7, 11) is 0. The first-order chi connectivity index (χ1) is 6.58. The number of rotatable bonds is 3. The Kier molecular flexibility index (Phi) is 4.23. The fraction of sp³-hybridized carbons (Fsp3) is 0.909. The Hall–Kier alpha value is -0.730. The van der Waals surface area contributed by atoms with Crippen LogP contribution in [0, 0.1) is 11.8 Å². The third kappa shape index (κ3) is 3.99. The van der Waals surface area contributed by atoms with Gasteiger partial charge in [0.15, 0.2) is 0 Å². The first-order valence-corrected chi connectivity index (χ1v) is 5.62. The van der Waals surface area contributed by atoms with Gasteiger partial charge in [-0.1, -0.05) is 13.3 Å². The van der Waals surface area contributed by atoms with E-state index in [1.165, 1.54) is 19.3 Å². The molecule has 0 bridgehead atoms. The van der Waals surface area contributed by atoms with Crippen LogP contribution in [0.5, 0.6) is 0 Å². The van der Waals surface area contributed by atoms with Crippen LogP contribution in [0.2, 0.25) is 0 Å². The normalized spacial score (nSPS) is 26.6. The molecule has 0 aromatic carbocycles. The monoisotopic (exact) mass is 198 g/mol. The highest BCUT2D eigenvalue weighted by atomic mass is 16.2. The number of amides is 2. The van der Waals surface area contributed by atoms with E-state index in [0.29, 0.717) is 5.92 Å². The Morgan fingerprint density at radius 3 is 2.64 bits per heavy atom. The number of carbonyl (C=O) groups is 1. The molecule has 0 saturated heterocycles. The molecule has 2 unspecified atom stereocenters. The lowest BCUT2D eigenvalue weighted by molar-refractivity contribution is 0.236. The quantitative estimate of drug-likeness (QED) is 0.716. The maximum atomic E-state index is 11.3. The number of urea groups is 1. The molecule has 1 aliphatic rings. The molecule has 82 valence electrons. The zero-order valence-corrected chi connectivity index (χ0v) is 9.47. The van der Waals surface area contributed by atoms with Crippen molar-refractivity contribution < 1.29 is 4.79 Å². The second-order valence-electron chi connectivity index (χ2n) is 4.79. The van der Waals surface area contributed by atoms with E-state index in [2.05, 4.69) is 17.6 Å². The minimum atomic E-state index is -0.0282. The molecular formula is C11H22N2O. The van der Waals surface area contributed by atoms with Crippen molar-refractivity contribution in [1.82, 2.24) is 10.6 Å². The summed E-state index contributed by atoms with van der Waals surface area (Å²) in [5.74, 6) is 1.54. The third-order valence-corrected chi connectivity index (χ3v) is 2.77. The van der Waals surface area contributed by atoms with Gasteiger partial charge < -0.3 is 10.6 Å². The maximum absolute atomic E-state index is 11.3. The average Bonchev–Trinajstić information content (AvgIpc) is 2.47. The largest absolute Gasteiger partial charge is 0.338 e. The molecule has 1 aliphatic carbocycles. The van der Waals surface area contributed by atoms with Gasteiger partial charge in [0, 0.05) is 12.6 Å². The molecule has 0 aliphatic heterocycles. The lowest BCUT2D eigenvalue weighted by Gasteiger charge is -2.13. The molecule has 0 spiro atoms. The summed E-state index contributed by atoms with van der Waals surface area (Å²) in [5, 5.41) is 5.75. The summed E-state index contributed by atoms with van der Waals surface area (Å²) in [6, 6.07) is 0.192. The van der Waals surface area contributed by atoms with Gasteiger partial charge in [-0.05, 0) is 38.5 Å². The number of hydrogen-bond acceptors (Lipinski definition) is 1. The van der Waals surface area contributed by atoms with E-state index in [-0.39, 0.29) is 12.1 Å². The maximum Gasteiger partial charge on any atom is 0.314 e. The van der Waals surface area contributed by atoms with E-state index < -0.39 is 0 Å². The molecule has 14 heavy (non-hydrogen) atoms. The van der Waals surface area contributed by atoms with Crippen LogP contribution in [0.4, 0.5) is 4.79 Å². The number of carbonyl (C=O) groups excluding carboxylic acids is 1. The molecule has 1 rings (SSSR count). The standard InChI is InChI=1S/C11H22N2O/c1-8(2)13-11(14)12-7-10-5-4-9(3)6-10/h8-10H,4-7H2,1-3H3,(H2,12,13,14). The van der Waals surface area contributed by atoms with Crippen molar-refractivity contribution in [2.45, 2.75) is 46.1 Å². The average molecular weight is 198 g/mol. The molecule has 0 aromatic rings. The molecule has 2 amide bonds. The molecule has 3 nitrogen and oxygen atoms in total. The molecule has 3 heteroatoms. The minimum Gasteiger partial charge on any atom is -0.338 e. The molecule has 0 radical (unpaired) electrons. The van der Waals surface area contributed by atoms with E-state index >= 15 is 0 Å². The smallest absolute Gasteiger partial charge is 0.314 e. The van der Waals surface area contributed by atoms with Crippen LogP contribution in [0.15, 0.2) is 0 Å². The van der Waals surface area contributed by atoms with Crippen molar-refractivity contribution >= 4 is 6.03 Å². The van der Waals surface area contributed by atoms with Crippen LogP contribution in [0.3, 0.4) is 0 Å². The highest BCUT2D eigenvalue weighted by Gasteiger charge is 2.21. The molecule has 0 heterocycles. The first-order valence-electron chi connectivity index (χ1n) is 5.62. The van der Waals surface area contributed by atoms with E-state index in [4.69, 9.17) is 0 Å². The topological polar surface area (TPSA) is 41.1 Å². The van der Waals surface area contributed by atoms with Gasteiger partial charge in [-0.2, -0.15) is 0 Å². The second-order valence-corrected chi connectivity index (χ2v) is 4.79. The summed E-state index contributed by atoms with van der Waals surface area (Å²) in [4.78, 5) is 11.3. The number of nitrogens with one attached hydrogen (secondary N) is 2. The van der Waals surface area contributed by atoms with Crippen LogP contribution >= 0.6 is 0 Å². The predicted molar refractivity (Wildman–Crippen MR) is 58.2 cm³/mol. The molecule has 1 saturated carbocycles. The Morgan fingerprint density at radius 1 is 1.43 bits per heavy atom. The van der Waals surface area contributed by atoms with Gasteiger partial charge >= 0.3 is 6.03 Å². The van der Waals surface area contributed by atoms with Crippen LogP contribution in [-0.4, -0.2) is 18.6 Å². The Balaban J connectivity index is 2.11. The molecule has 0 aromatic heterocycles. The lowest BCUT2D eigenvalue weighted by atomic mass is 10.1. The molecular weight excluding hydrogens is 176 g/mol. The Bertz CT molecular complexity index is 192. The van der Waals surface area contributed by atoms with Crippen LogP contribution in [-0.2, 0) is 0 Å². The zero-order valence-electron chi connectivity index (χ0n) is 9.47. The van der Waals surface area contributed by atoms with Crippen LogP contribution in [0.1, 0.15) is 40.0 Å². The Labute approximate surface area is 86.6 Å². The van der Waals surface area contributed by atoms with Crippen molar-refractivity contribution in [3.05, 3.63) is 0 Å². The van der Waals surface area contributed by atoms with Crippen LogP contribution < -0.4 is 10.6 Å². The number of hydrogen-bond donors (Lipinski definition) is 2. The van der Waals surface area contributed by atoms with Gasteiger partial charge in [0.05, 0.1) is 0 Å². The predicted octanol–water partition coefficient (Wildman–Crippen LogP) is 2.13. The van der Waals surface area contributed by atoms with Crippen molar-refractivity contribution in [3.8, 4) is 0 Å². The SMILES string of the molecule is CC1CCC(CNC(=O)NC(C)C)C1. The highest BCUT2D eigenvalue weighted by Crippen LogP contribution is 2.29. The summed E-state index contributed by atoms with van der Waals surface area (Å²) < 4.78 is 0. The molecule has 2 atom stereocenters. The Morgan fingerprint density at radius 2 is 2.14 bits per heavy atom. The van der Waals surface area contributed by atoms with Gasteiger partial charge in [0.1, 0.15) is 0 Å². The second kappa shape index (κ2) is 5.23. The summed E-state index contributed by atoms with van der Waals surface area (Å²) in [6.07, 6.45) is 3.85. The first kappa shape index (κ1) is 11.3. The fourth-order valence-corrected chi connectivity index (χ4v) is 2.06. The van der Waals surface area contributed by atoms with Gasteiger partial charge in [-0.15, -0.1) is 0 Å². The highest BCUT2D eigenvalue weighted by molar-refractivity contribution is 5.74. The van der Waals surface area contributed by atoms with Gasteiger partial charge in [0.25, 0.3) is 0 Å². The summed E-state index contributed by atoms with van der Waals surface area (Å²) >= 11 is 0. The van der Waals surface area contributed by atoms with Crippen LogP contribution in [0.25, 0.3) is 0 Å². The minimum absolute atomic E-state index is 0.0282. The van der Waals surface area contributed by atoms with E-state index in [1.807, 2.05) is 13.8 Å². The van der Waals surface area contributed by atoms with Crippen molar-refractivity contribution in [2.24, 2.45) is 11.8 Å². The van der Waals surface area contributed by atoms with Crippen molar-refractivity contribution in [2.75, 3.05) is 6.54 Å². The van der Waals surface area contributed by atoms with E-state index in [9.17, 15) is 4.79 Å². The van der Waals surface area contributed by atoms with Gasteiger partial charge in [-0.25, -0.2) is 4.79 Å². The summed E-state index contributed by atoms with van der Waals surface area (Å²) in [5.41, 5.74) is 0. The zero-order chi connectivity index (χ0) is 10.6. The van der Waals surface area contributed by atoms with Gasteiger partial charge in [0.2, 0.25) is 0 Å². The van der Waals surface area contributed by atoms with Gasteiger partial charge in [-0.3, -0.25) is 0 Å². The molecule has 1 fully saturated rings. The third-order valence-electron chi connectivity index (χ3n) is 2.77. The van der Waals surface area contributed by atoms with E-state index in [1.54, 1.807) is 0 Å².